The molecule has 0 unspecified atom stereocenters. The predicted octanol–water partition coefficient (Wildman–Crippen LogP) is 2.32. The first kappa shape index (κ1) is 22.4. The van der Waals surface area contributed by atoms with Crippen molar-refractivity contribution >= 4 is 37.8 Å². The Balaban J connectivity index is 1.70. The molecule has 1 fully saturated rings. The van der Waals surface area contributed by atoms with Gasteiger partial charge in [-0.3, -0.25) is 20.4 Å². The van der Waals surface area contributed by atoms with Gasteiger partial charge in [-0.1, -0.05) is 22.0 Å². The maximum atomic E-state index is 13.0. The van der Waals surface area contributed by atoms with Gasteiger partial charge in [-0.05, 0) is 56.3 Å². The van der Waals surface area contributed by atoms with E-state index in [0.29, 0.717) is 5.56 Å². The monoisotopic (exact) mass is 495 g/mol. The number of hydrazine groups is 1. The molecule has 1 heterocycles. The molecule has 0 radical (unpaired) electrons. The second kappa shape index (κ2) is 9.25. The third-order valence-electron chi connectivity index (χ3n) is 4.52. The molecule has 2 N–H and O–H groups in total. The van der Waals surface area contributed by atoms with Crippen LogP contribution in [0.4, 0.5) is 0 Å². The Bertz CT molecular complexity index is 1030. The smallest absolute Gasteiger partial charge is 0.269 e. The van der Waals surface area contributed by atoms with Crippen LogP contribution in [0.2, 0.25) is 0 Å². The van der Waals surface area contributed by atoms with Crippen molar-refractivity contribution in [3.8, 4) is 0 Å². The molecule has 8 nitrogen and oxygen atoms in total. The number of halogens is 1. The zero-order valence-electron chi connectivity index (χ0n) is 16.5. The second-order valence-electron chi connectivity index (χ2n) is 7.02. The molecule has 3 rings (SSSR count). The van der Waals surface area contributed by atoms with Crippen molar-refractivity contribution in [3.63, 3.8) is 0 Å². The fraction of sp³-hybridized carbons (Fsp3) is 0.300. The number of amides is 2. The van der Waals surface area contributed by atoms with Crippen LogP contribution < -0.4 is 10.9 Å². The number of benzene rings is 2. The lowest BCUT2D eigenvalue weighted by atomic mass is 10.2. The fourth-order valence-corrected chi connectivity index (χ4v) is 5.03. The van der Waals surface area contributed by atoms with E-state index in [9.17, 15) is 18.0 Å². The Labute approximate surface area is 183 Å². The van der Waals surface area contributed by atoms with E-state index in [1.54, 1.807) is 24.3 Å². The average Bonchev–Trinajstić information content (AvgIpc) is 2.71. The lowest BCUT2D eigenvalue weighted by Crippen LogP contribution is -2.48. The summed E-state index contributed by atoms with van der Waals surface area (Å²) in [7, 11) is -3.78. The molecule has 1 saturated heterocycles. The number of nitrogens with zero attached hydrogens (tertiary/aromatic N) is 1. The summed E-state index contributed by atoms with van der Waals surface area (Å²) in [5.41, 5.74) is 5.10. The molecule has 0 spiro atoms. The number of rotatable bonds is 4. The normalized spacial score (nSPS) is 19.8. The number of nitrogens with one attached hydrogen (secondary N) is 2. The van der Waals surface area contributed by atoms with Gasteiger partial charge < -0.3 is 4.74 Å². The topological polar surface area (TPSA) is 105 Å². The summed E-state index contributed by atoms with van der Waals surface area (Å²) < 4.78 is 33.8. The molecule has 1 aliphatic heterocycles. The van der Waals surface area contributed by atoms with Gasteiger partial charge in [0.25, 0.3) is 11.8 Å². The Hall–Kier alpha value is -2.27. The Kier molecular flexibility index (Phi) is 6.91. The van der Waals surface area contributed by atoms with Crippen molar-refractivity contribution < 1.29 is 22.7 Å². The van der Waals surface area contributed by atoms with Gasteiger partial charge in [0, 0.05) is 28.7 Å². The number of ether oxygens (including phenoxy) is 1. The molecule has 160 valence electrons. The van der Waals surface area contributed by atoms with Crippen molar-refractivity contribution in [1.82, 2.24) is 15.2 Å². The van der Waals surface area contributed by atoms with Gasteiger partial charge in [-0.2, -0.15) is 4.31 Å². The highest BCUT2D eigenvalue weighted by Gasteiger charge is 2.32. The minimum atomic E-state index is -3.78. The van der Waals surface area contributed by atoms with E-state index in [-0.39, 0.29) is 35.8 Å². The number of hydrogen-bond acceptors (Lipinski definition) is 5. The second-order valence-corrected chi connectivity index (χ2v) is 9.88. The van der Waals surface area contributed by atoms with Crippen molar-refractivity contribution in [3.05, 3.63) is 64.1 Å². The van der Waals surface area contributed by atoms with E-state index in [2.05, 4.69) is 26.8 Å². The highest BCUT2D eigenvalue weighted by atomic mass is 79.9. The van der Waals surface area contributed by atoms with Crippen LogP contribution in [-0.2, 0) is 14.8 Å². The standard InChI is InChI=1S/C20H22BrN3O5S/c1-13-11-24(12-14(2)29-13)30(27,28)18-5-3-4-16(10-18)20(26)23-22-19(25)15-6-8-17(21)9-7-15/h3-10,13-14H,11-12H2,1-2H3,(H,22,25)(H,23,26)/t13-,14-/m1/s1. The van der Waals surface area contributed by atoms with Crippen LogP contribution in [0, 0.1) is 0 Å². The van der Waals surface area contributed by atoms with Crippen LogP contribution in [0.1, 0.15) is 34.6 Å². The first-order valence-corrected chi connectivity index (χ1v) is 11.5. The number of morpholine rings is 1. The van der Waals surface area contributed by atoms with Gasteiger partial charge in [0.15, 0.2) is 0 Å². The van der Waals surface area contributed by atoms with Gasteiger partial charge in [0.1, 0.15) is 0 Å². The summed E-state index contributed by atoms with van der Waals surface area (Å²) >= 11 is 3.28. The van der Waals surface area contributed by atoms with Crippen LogP contribution >= 0.6 is 15.9 Å². The van der Waals surface area contributed by atoms with Crippen molar-refractivity contribution in [2.24, 2.45) is 0 Å². The van der Waals surface area contributed by atoms with Gasteiger partial charge in [-0.25, -0.2) is 8.42 Å². The van der Waals surface area contributed by atoms with Crippen LogP contribution in [0.3, 0.4) is 0 Å². The number of hydrogen-bond donors (Lipinski definition) is 2. The first-order valence-electron chi connectivity index (χ1n) is 9.29. The zero-order valence-corrected chi connectivity index (χ0v) is 18.9. The minimum absolute atomic E-state index is 0.00989. The van der Waals surface area contributed by atoms with Gasteiger partial charge >= 0.3 is 0 Å². The maximum absolute atomic E-state index is 13.0. The maximum Gasteiger partial charge on any atom is 0.269 e. The van der Waals surface area contributed by atoms with Crippen LogP contribution in [0.15, 0.2) is 57.9 Å². The molecule has 0 bridgehead atoms. The highest BCUT2D eigenvalue weighted by Crippen LogP contribution is 2.22. The number of carbonyl (C=O) groups excluding carboxylic acids is 2. The molecule has 0 aliphatic carbocycles. The summed E-state index contributed by atoms with van der Waals surface area (Å²) in [6.45, 7) is 4.12. The van der Waals surface area contributed by atoms with E-state index in [0.717, 1.165) is 4.47 Å². The molecule has 10 heteroatoms. The highest BCUT2D eigenvalue weighted by molar-refractivity contribution is 9.10. The van der Waals surface area contributed by atoms with E-state index in [1.165, 1.54) is 28.6 Å². The van der Waals surface area contributed by atoms with E-state index in [1.807, 2.05) is 13.8 Å². The minimum Gasteiger partial charge on any atom is -0.373 e. The summed E-state index contributed by atoms with van der Waals surface area (Å²) in [6, 6.07) is 12.3. The molecular weight excluding hydrogens is 474 g/mol. The van der Waals surface area contributed by atoms with Gasteiger partial charge in [0.05, 0.1) is 17.1 Å². The van der Waals surface area contributed by atoms with E-state index >= 15 is 0 Å². The SMILES string of the molecule is C[C@@H]1CN(S(=O)(=O)c2cccc(C(=O)NNC(=O)c3ccc(Br)cc3)c2)C[C@@H](C)O1. The molecule has 2 aromatic carbocycles. The number of sulfonamides is 1. The zero-order chi connectivity index (χ0) is 21.9. The molecule has 1 aliphatic rings. The lowest BCUT2D eigenvalue weighted by Gasteiger charge is -2.34. The summed E-state index contributed by atoms with van der Waals surface area (Å²) in [5.74, 6) is -1.11. The molecule has 0 aromatic heterocycles. The van der Waals surface area contributed by atoms with Crippen molar-refractivity contribution in [2.75, 3.05) is 13.1 Å². The number of carbonyl (C=O) groups is 2. The lowest BCUT2D eigenvalue weighted by molar-refractivity contribution is -0.0440. The summed E-state index contributed by atoms with van der Waals surface area (Å²) in [5, 5.41) is 0. The fourth-order valence-electron chi connectivity index (χ4n) is 3.13. The predicted molar refractivity (Wildman–Crippen MR) is 114 cm³/mol. The van der Waals surface area contributed by atoms with Crippen LogP contribution in [-0.4, -0.2) is 49.8 Å². The Morgan fingerprint density at radius 1 is 0.967 bits per heavy atom. The molecular formula is C20H22BrN3O5S. The third-order valence-corrected chi connectivity index (χ3v) is 6.87. The van der Waals surface area contributed by atoms with Crippen LogP contribution in [0.25, 0.3) is 0 Å². The van der Waals surface area contributed by atoms with E-state index in [4.69, 9.17) is 4.74 Å². The van der Waals surface area contributed by atoms with E-state index < -0.39 is 21.8 Å². The van der Waals surface area contributed by atoms with Crippen molar-refractivity contribution in [2.45, 2.75) is 31.0 Å². The molecule has 30 heavy (non-hydrogen) atoms. The Morgan fingerprint density at radius 2 is 1.53 bits per heavy atom. The molecule has 2 amide bonds. The summed E-state index contributed by atoms with van der Waals surface area (Å²) in [6.07, 6.45) is -0.437. The molecule has 0 saturated carbocycles. The average molecular weight is 496 g/mol. The Morgan fingerprint density at radius 3 is 2.13 bits per heavy atom. The first-order chi connectivity index (χ1) is 14.2. The van der Waals surface area contributed by atoms with Crippen molar-refractivity contribution in [1.29, 1.82) is 0 Å². The molecule has 2 aromatic rings. The largest absolute Gasteiger partial charge is 0.373 e. The quantitative estimate of drug-likeness (QED) is 0.633. The van der Waals surface area contributed by atoms with Gasteiger partial charge in [0.2, 0.25) is 10.0 Å². The summed E-state index contributed by atoms with van der Waals surface area (Å²) in [4.78, 5) is 24.6. The van der Waals surface area contributed by atoms with Gasteiger partial charge in [-0.15, -0.1) is 0 Å². The van der Waals surface area contributed by atoms with Crippen LogP contribution in [0.5, 0.6) is 0 Å². The molecule has 2 atom stereocenters. The third kappa shape index (κ3) is 5.25.